The molecule has 0 saturated carbocycles. The second kappa shape index (κ2) is 5.26. The van der Waals surface area contributed by atoms with Crippen LogP contribution >= 0.6 is 24.0 Å². The minimum atomic E-state index is 0.302. The van der Waals surface area contributed by atoms with Gasteiger partial charge in [0.05, 0.1) is 11.9 Å². The molecule has 76 valence electrons. The fraction of sp³-hybridized carbons (Fsp3) is 0.444. The average Bonchev–Trinajstić information content (AvgIpc) is 2.18. The summed E-state index contributed by atoms with van der Waals surface area (Å²) in [7, 11) is 0. The molecule has 0 radical (unpaired) electrons. The number of hydrogen-bond donors (Lipinski definition) is 1. The van der Waals surface area contributed by atoms with Crippen molar-refractivity contribution in [3.05, 3.63) is 17.6 Å². The van der Waals surface area contributed by atoms with Crippen molar-refractivity contribution in [1.82, 2.24) is 9.97 Å². The van der Waals surface area contributed by atoms with Gasteiger partial charge in [-0.1, -0.05) is 25.6 Å². The van der Waals surface area contributed by atoms with Crippen molar-refractivity contribution >= 4 is 29.0 Å². The highest BCUT2D eigenvalue weighted by molar-refractivity contribution is 7.98. The number of thioether (sulfide) groups is 1. The molecular formula is C9H13N3S2. The molecule has 3 nitrogen and oxygen atoms in total. The Bertz CT molecular complexity index is 339. The van der Waals surface area contributed by atoms with E-state index in [1.54, 1.807) is 18.0 Å². The van der Waals surface area contributed by atoms with Gasteiger partial charge in [0, 0.05) is 0 Å². The number of hydrogen-bond acceptors (Lipinski definition) is 4. The molecule has 0 unspecified atom stereocenters. The molecular weight excluding hydrogens is 214 g/mol. The van der Waals surface area contributed by atoms with Crippen molar-refractivity contribution in [2.75, 3.05) is 6.26 Å². The monoisotopic (exact) mass is 227 g/mol. The molecule has 0 spiro atoms. The summed E-state index contributed by atoms with van der Waals surface area (Å²) in [5.41, 5.74) is 7.11. The Morgan fingerprint density at radius 1 is 1.64 bits per heavy atom. The van der Waals surface area contributed by atoms with Crippen molar-refractivity contribution < 1.29 is 0 Å². The Labute approximate surface area is 93.5 Å². The molecule has 1 aromatic rings. The van der Waals surface area contributed by atoms with Gasteiger partial charge in [0.25, 0.3) is 0 Å². The molecule has 0 saturated heterocycles. The Morgan fingerprint density at radius 3 is 2.86 bits per heavy atom. The smallest absolute Gasteiger partial charge is 0.124 e. The van der Waals surface area contributed by atoms with E-state index in [0.717, 1.165) is 23.6 Å². The highest BCUT2D eigenvalue weighted by Crippen LogP contribution is 2.17. The van der Waals surface area contributed by atoms with Gasteiger partial charge < -0.3 is 5.73 Å². The second-order valence-electron chi connectivity index (χ2n) is 2.83. The van der Waals surface area contributed by atoms with Crippen molar-refractivity contribution in [3.8, 4) is 0 Å². The van der Waals surface area contributed by atoms with Crippen LogP contribution in [-0.4, -0.2) is 21.2 Å². The van der Waals surface area contributed by atoms with E-state index in [0.29, 0.717) is 10.7 Å². The molecule has 1 rings (SSSR count). The zero-order chi connectivity index (χ0) is 10.6. The lowest BCUT2D eigenvalue weighted by Crippen LogP contribution is -2.13. The predicted molar refractivity (Wildman–Crippen MR) is 63.7 cm³/mol. The Kier molecular flexibility index (Phi) is 4.28. The summed E-state index contributed by atoms with van der Waals surface area (Å²) in [4.78, 5) is 8.95. The van der Waals surface area contributed by atoms with Crippen LogP contribution in [0, 0.1) is 0 Å². The SMILES string of the molecule is CCCc1ncc(C(N)=S)nc1SC. The highest BCUT2D eigenvalue weighted by atomic mass is 32.2. The lowest BCUT2D eigenvalue weighted by Gasteiger charge is -2.05. The molecule has 0 amide bonds. The lowest BCUT2D eigenvalue weighted by atomic mass is 10.2. The van der Waals surface area contributed by atoms with E-state index in [-0.39, 0.29) is 0 Å². The van der Waals surface area contributed by atoms with Crippen LogP contribution in [0.3, 0.4) is 0 Å². The maximum Gasteiger partial charge on any atom is 0.124 e. The molecule has 0 aliphatic heterocycles. The fourth-order valence-corrected chi connectivity index (χ4v) is 1.77. The molecule has 0 aliphatic carbocycles. The first-order valence-electron chi connectivity index (χ1n) is 4.38. The minimum Gasteiger partial charge on any atom is -0.388 e. The Hall–Kier alpha value is -0.680. The van der Waals surface area contributed by atoms with Gasteiger partial charge in [0.2, 0.25) is 0 Å². The Morgan fingerprint density at radius 2 is 2.36 bits per heavy atom. The van der Waals surface area contributed by atoms with Gasteiger partial charge in [-0.05, 0) is 12.7 Å². The third-order valence-electron chi connectivity index (χ3n) is 1.74. The van der Waals surface area contributed by atoms with Crippen molar-refractivity contribution in [2.45, 2.75) is 24.8 Å². The standard InChI is InChI=1S/C9H13N3S2/c1-3-4-6-9(14-2)12-7(5-11-6)8(10)13/h5H,3-4H2,1-2H3,(H2,10,13). The number of thiocarbonyl (C=S) groups is 1. The molecule has 14 heavy (non-hydrogen) atoms. The van der Waals surface area contributed by atoms with E-state index in [1.165, 1.54) is 0 Å². The number of nitrogens with two attached hydrogens (primary N) is 1. The fourth-order valence-electron chi connectivity index (χ4n) is 1.09. The quantitative estimate of drug-likeness (QED) is 0.628. The minimum absolute atomic E-state index is 0.302. The van der Waals surface area contributed by atoms with Gasteiger partial charge in [-0.2, -0.15) is 0 Å². The van der Waals surface area contributed by atoms with E-state index in [2.05, 4.69) is 16.9 Å². The Balaban J connectivity index is 3.04. The number of rotatable bonds is 4. The molecule has 1 heterocycles. The number of aryl methyl sites for hydroxylation is 1. The van der Waals surface area contributed by atoms with Gasteiger partial charge >= 0.3 is 0 Å². The molecule has 0 atom stereocenters. The van der Waals surface area contributed by atoms with E-state index < -0.39 is 0 Å². The summed E-state index contributed by atoms with van der Waals surface area (Å²) in [6, 6.07) is 0. The summed E-state index contributed by atoms with van der Waals surface area (Å²) in [6.45, 7) is 2.12. The third-order valence-corrected chi connectivity index (χ3v) is 2.67. The second-order valence-corrected chi connectivity index (χ2v) is 4.06. The first kappa shape index (κ1) is 11.4. The highest BCUT2D eigenvalue weighted by Gasteiger charge is 2.07. The summed E-state index contributed by atoms with van der Waals surface area (Å²) < 4.78 is 0. The maximum absolute atomic E-state index is 5.48. The third kappa shape index (κ3) is 2.65. The zero-order valence-electron chi connectivity index (χ0n) is 8.28. The summed E-state index contributed by atoms with van der Waals surface area (Å²) >= 11 is 6.42. The first-order chi connectivity index (χ1) is 6.69. The largest absolute Gasteiger partial charge is 0.388 e. The average molecular weight is 227 g/mol. The number of aromatic nitrogens is 2. The van der Waals surface area contributed by atoms with Crippen LogP contribution in [-0.2, 0) is 6.42 Å². The summed E-state index contributed by atoms with van der Waals surface area (Å²) in [6.07, 6.45) is 5.63. The predicted octanol–water partition coefficient (Wildman–Crippen LogP) is 1.79. The van der Waals surface area contributed by atoms with Crippen LogP contribution < -0.4 is 5.73 Å². The van der Waals surface area contributed by atoms with Gasteiger partial charge in [-0.3, -0.25) is 4.98 Å². The van der Waals surface area contributed by atoms with Crippen LogP contribution in [0.5, 0.6) is 0 Å². The molecule has 5 heteroatoms. The van der Waals surface area contributed by atoms with Crippen LogP contribution in [0.15, 0.2) is 11.2 Å². The maximum atomic E-state index is 5.48. The molecule has 0 aliphatic rings. The topological polar surface area (TPSA) is 51.8 Å². The van der Waals surface area contributed by atoms with Crippen LogP contribution in [0.2, 0.25) is 0 Å². The van der Waals surface area contributed by atoms with Gasteiger partial charge in [0.15, 0.2) is 0 Å². The van der Waals surface area contributed by atoms with Gasteiger partial charge in [-0.25, -0.2) is 4.98 Å². The zero-order valence-corrected chi connectivity index (χ0v) is 9.91. The van der Waals surface area contributed by atoms with Crippen molar-refractivity contribution in [1.29, 1.82) is 0 Å². The van der Waals surface area contributed by atoms with E-state index in [1.807, 2.05) is 6.26 Å². The first-order valence-corrected chi connectivity index (χ1v) is 6.02. The van der Waals surface area contributed by atoms with Crippen LogP contribution in [0.25, 0.3) is 0 Å². The van der Waals surface area contributed by atoms with E-state index >= 15 is 0 Å². The molecule has 0 aromatic carbocycles. The van der Waals surface area contributed by atoms with E-state index in [9.17, 15) is 0 Å². The van der Waals surface area contributed by atoms with Crippen LogP contribution in [0.1, 0.15) is 24.7 Å². The van der Waals surface area contributed by atoms with Gasteiger partial charge in [0.1, 0.15) is 15.7 Å². The molecule has 1 aromatic heterocycles. The lowest BCUT2D eigenvalue weighted by molar-refractivity contribution is 0.823. The van der Waals surface area contributed by atoms with Crippen molar-refractivity contribution in [3.63, 3.8) is 0 Å². The summed E-state index contributed by atoms with van der Waals surface area (Å²) in [5.74, 6) is 0. The molecule has 0 bridgehead atoms. The summed E-state index contributed by atoms with van der Waals surface area (Å²) in [5, 5.41) is 0.928. The van der Waals surface area contributed by atoms with E-state index in [4.69, 9.17) is 18.0 Å². The van der Waals surface area contributed by atoms with Crippen LogP contribution in [0.4, 0.5) is 0 Å². The van der Waals surface area contributed by atoms with Gasteiger partial charge in [-0.15, -0.1) is 11.8 Å². The normalized spacial score (nSPS) is 10.1. The molecule has 0 fully saturated rings. The van der Waals surface area contributed by atoms with Crippen molar-refractivity contribution in [2.24, 2.45) is 5.73 Å². The number of nitrogens with zero attached hydrogens (tertiary/aromatic N) is 2. The molecule has 2 N–H and O–H groups in total.